The number of hydrogen-bond acceptors (Lipinski definition) is 2. The molecule has 0 aliphatic carbocycles. The predicted octanol–water partition coefficient (Wildman–Crippen LogP) is 1.46. The van der Waals surface area contributed by atoms with Crippen LogP contribution in [0.25, 0.3) is 0 Å². The zero-order valence-electron chi connectivity index (χ0n) is 5.77. The molecule has 0 bridgehead atoms. The fourth-order valence-corrected chi connectivity index (χ4v) is 0.497. The van der Waals surface area contributed by atoms with Gasteiger partial charge in [0.15, 0.2) is 5.90 Å². The van der Waals surface area contributed by atoms with Gasteiger partial charge in [-0.05, 0) is 6.92 Å². The largest absolute Gasteiger partial charge is 0.484 e. The molecule has 0 aromatic heterocycles. The second-order valence-electron chi connectivity index (χ2n) is 1.43. The molecule has 2 heteroatoms. The average Bonchev–Trinajstić information content (AvgIpc) is 1.83. The number of hydrogen-bond donors (Lipinski definition) is 0. The summed E-state index contributed by atoms with van der Waals surface area (Å²) in [4.78, 5) is 4.06. The van der Waals surface area contributed by atoms with Crippen LogP contribution < -0.4 is 0 Å². The lowest BCUT2D eigenvalue weighted by Gasteiger charge is -1.97. The minimum absolute atomic E-state index is 0.816. The van der Waals surface area contributed by atoms with E-state index < -0.39 is 0 Å². The zero-order valence-corrected chi connectivity index (χ0v) is 5.77. The SMILES string of the molecule is CC/N=C(\CC)OC. The molecule has 0 saturated heterocycles. The normalized spacial score (nSPS) is 11.6. The maximum atomic E-state index is 4.89. The van der Waals surface area contributed by atoms with Crippen LogP contribution in [-0.4, -0.2) is 19.6 Å². The molecule has 0 N–H and O–H groups in total. The van der Waals surface area contributed by atoms with Gasteiger partial charge in [-0.2, -0.15) is 0 Å². The van der Waals surface area contributed by atoms with Crippen molar-refractivity contribution in [2.75, 3.05) is 13.7 Å². The third-order valence-electron chi connectivity index (χ3n) is 0.873. The van der Waals surface area contributed by atoms with Gasteiger partial charge in [0, 0.05) is 13.0 Å². The molecule has 0 aromatic carbocycles. The van der Waals surface area contributed by atoms with Gasteiger partial charge in [0.25, 0.3) is 0 Å². The summed E-state index contributed by atoms with van der Waals surface area (Å²) < 4.78 is 4.89. The van der Waals surface area contributed by atoms with Crippen LogP contribution in [0.15, 0.2) is 4.99 Å². The summed E-state index contributed by atoms with van der Waals surface area (Å²) in [6.45, 7) is 4.84. The molecule has 0 radical (unpaired) electrons. The summed E-state index contributed by atoms with van der Waals surface area (Å²) in [6.07, 6.45) is 0.893. The second-order valence-corrected chi connectivity index (χ2v) is 1.43. The van der Waals surface area contributed by atoms with Crippen molar-refractivity contribution in [1.29, 1.82) is 0 Å². The van der Waals surface area contributed by atoms with Crippen molar-refractivity contribution in [1.82, 2.24) is 0 Å². The topological polar surface area (TPSA) is 21.6 Å². The van der Waals surface area contributed by atoms with Crippen molar-refractivity contribution in [3.05, 3.63) is 0 Å². The Labute approximate surface area is 50.6 Å². The molecule has 0 aromatic rings. The molecule has 0 atom stereocenters. The smallest absolute Gasteiger partial charge is 0.182 e. The molecule has 0 fully saturated rings. The Morgan fingerprint density at radius 1 is 1.50 bits per heavy atom. The first-order valence-electron chi connectivity index (χ1n) is 2.92. The van der Waals surface area contributed by atoms with Crippen LogP contribution in [0.2, 0.25) is 0 Å². The number of rotatable bonds is 2. The maximum Gasteiger partial charge on any atom is 0.182 e. The Morgan fingerprint density at radius 2 is 2.12 bits per heavy atom. The van der Waals surface area contributed by atoms with E-state index in [1.165, 1.54) is 0 Å². The van der Waals surface area contributed by atoms with Crippen LogP contribution in [0, 0.1) is 0 Å². The van der Waals surface area contributed by atoms with E-state index in [-0.39, 0.29) is 0 Å². The molecule has 0 spiro atoms. The van der Waals surface area contributed by atoms with Crippen molar-refractivity contribution < 1.29 is 4.74 Å². The van der Waals surface area contributed by atoms with E-state index in [0.29, 0.717) is 0 Å². The molecule has 0 unspecified atom stereocenters. The number of nitrogens with zero attached hydrogens (tertiary/aromatic N) is 1. The molecule has 48 valence electrons. The first-order valence-corrected chi connectivity index (χ1v) is 2.92. The molecular formula is C6H13NO. The Morgan fingerprint density at radius 3 is 2.25 bits per heavy atom. The Balaban J connectivity index is 3.49. The van der Waals surface area contributed by atoms with E-state index >= 15 is 0 Å². The van der Waals surface area contributed by atoms with Gasteiger partial charge in [-0.1, -0.05) is 6.92 Å². The van der Waals surface area contributed by atoms with Crippen LogP contribution >= 0.6 is 0 Å². The minimum atomic E-state index is 0.816. The molecule has 2 nitrogen and oxygen atoms in total. The highest BCUT2D eigenvalue weighted by molar-refractivity contribution is 5.75. The molecule has 8 heavy (non-hydrogen) atoms. The fraction of sp³-hybridized carbons (Fsp3) is 0.833. The molecule has 0 rings (SSSR count). The molecule has 0 amide bonds. The monoisotopic (exact) mass is 115 g/mol. The summed E-state index contributed by atoms with van der Waals surface area (Å²) >= 11 is 0. The first-order chi connectivity index (χ1) is 3.85. The van der Waals surface area contributed by atoms with Crippen LogP contribution in [0.3, 0.4) is 0 Å². The minimum Gasteiger partial charge on any atom is -0.484 e. The molecule has 0 aliphatic rings. The molecule has 0 saturated carbocycles. The van der Waals surface area contributed by atoms with E-state index in [1.54, 1.807) is 7.11 Å². The first kappa shape index (κ1) is 7.47. The van der Waals surface area contributed by atoms with Gasteiger partial charge in [0.2, 0.25) is 0 Å². The highest BCUT2D eigenvalue weighted by Crippen LogP contribution is 1.85. The Bertz CT molecular complexity index is 72.6. The third kappa shape index (κ3) is 2.61. The standard InChI is InChI=1S/C6H13NO/c1-4-6(8-3)7-5-2/h4-5H2,1-3H3/b7-6+. The van der Waals surface area contributed by atoms with E-state index in [0.717, 1.165) is 18.9 Å². The lowest BCUT2D eigenvalue weighted by atomic mass is 10.5. The quantitative estimate of drug-likeness (QED) is 0.394. The number of methoxy groups -OCH3 is 1. The maximum absolute atomic E-state index is 4.89. The number of aliphatic imine (C=N–C) groups is 1. The van der Waals surface area contributed by atoms with Crippen LogP contribution in [0.4, 0.5) is 0 Å². The second kappa shape index (κ2) is 4.62. The summed E-state index contributed by atoms with van der Waals surface area (Å²) in [7, 11) is 1.65. The van der Waals surface area contributed by atoms with Gasteiger partial charge in [0.1, 0.15) is 0 Å². The van der Waals surface area contributed by atoms with E-state index in [2.05, 4.69) is 4.99 Å². The van der Waals surface area contributed by atoms with Gasteiger partial charge >= 0.3 is 0 Å². The predicted molar refractivity (Wildman–Crippen MR) is 35.3 cm³/mol. The van der Waals surface area contributed by atoms with Crippen molar-refractivity contribution in [2.24, 2.45) is 4.99 Å². The van der Waals surface area contributed by atoms with Crippen LogP contribution in [0.5, 0.6) is 0 Å². The lowest BCUT2D eigenvalue weighted by Crippen LogP contribution is -1.98. The van der Waals surface area contributed by atoms with E-state index in [9.17, 15) is 0 Å². The summed E-state index contributed by atoms with van der Waals surface area (Å²) in [5.74, 6) is 0.840. The van der Waals surface area contributed by atoms with Gasteiger partial charge in [0.05, 0.1) is 7.11 Å². The summed E-state index contributed by atoms with van der Waals surface area (Å²) in [6, 6.07) is 0. The van der Waals surface area contributed by atoms with Crippen LogP contribution in [0.1, 0.15) is 20.3 Å². The van der Waals surface area contributed by atoms with Crippen molar-refractivity contribution in [3.8, 4) is 0 Å². The van der Waals surface area contributed by atoms with Crippen molar-refractivity contribution >= 4 is 5.90 Å². The molecular weight excluding hydrogens is 102 g/mol. The van der Waals surface area contributed by atoms with Gasteiger partial charge < -0.3 is 4.74 Å². The lowest BCUT2D eigenvalue weighted by molar-refractivity contribution is 0.390. The van der Waals surface area contributed by atoms with E-state index in [1.807, 2.05) is 13.8 Å². The van der Waals surface area contributed by atoms with Crippen molar-refractivity contribution in [2.45, 2.75) is 20.3 Å². The Kier molecular flexibility index (Phi) is 4.32. The number of ether oxygens (including phenoxy) is 1. The van der Waals surface area contributed by atoms with Crippen molar-refractivity contribution in [3.63, 3.8) is 0 Å². The van der Waals surface area contributed by atoms with Gasteiger partial charge in [-0.3, -0.25) is 4.99 Å². The fourth-order valence-electron chi connectivity index (χ4n) is 0.497. The zero-order chi connectivity index (χ0) is 6.41. The molecule has 0 aliphatic heterocycles. The molecule has 0 heterocycles. The third-order valence-corrected chi connectivity index (χ3v) is 0.873. The highest BCUT2D eigenvalue weighted by atomic mass is 16.5. The van der Waals surface area contributed by atoms with Crippen LogP contribution in [-0.2, 0) is 4.74 Å². The highest BCUT2D eigenvalue weighted by Gasteiger charge is 1.87. The van der Waals surface area contributed by atoms with E-state index in [4.69, 9.17) is 4.74 Å². The summed E-state index contributed by atoms with van der Waals surface area (Å²) in [5.41, 5.74) is 0. The average molecular weight is 115 g/mol. The Hall–Kier alpha value is -0.530. The van der Waals surface area contributed by atoms with Gasteiger partial charge in [-0.15, -0.1) is 0 Å². The summed E-state index contributed by atoms with van der Waals surface area (Å²) in [5, 5.41) is 0. The van der Waals surface area contributed by atoms with Gasteiger partial charge in [-0.25, -0.2) is 0 Å².